The predicted molar refractivity (Wildman–Crippen MR) is 84.6 cm³/mol. The van der Waals surface area contributed by atoms with Crippen molar-refractivity contribution in [2.24, 2.45) is 0 Å². The van der Waals surface area contributed by atoms with Crippen LogP contribution in [0.15, 0.2) is 22.7 Å². The molecule has 1 aromatic rings. The normalized spacial score (nSPS) is 27.6. The SMILES string of the molecule is CNC1(NC)OCC(C=O)N[C@@]1(NC)c1cc(Br)ccc1F. The van der Waals surface area contributed by atoms with E-state index in [9.17, 15) is 9.18 Å². The minimum atomic E-state index is -1.20. The van der Waals surface area contributed by atoms with Gasteiger partial charge >= 0.3 is 0 Å². The number of halogens is 2. The summed E-state index contributed by atoms with van der Waals surface area (Å²) in [4.78, 5) is 11.2. The number of hydrogen-bond donors (Lipinski definition) is 4. The van der Waals surface area contributed by atoms with Crippen LogP contribution >= 0.6 is 15.9 Å². The topological polar surface area (TPSA) is 74.4 Å². The van der Waals surface area contributed by atoms with Crippen molar-refractivity contribution in [3.8, 4) is 0 Å². The number of benzene rings is 1. The van der Waals surface area contributed by atoms with Crippen LogP contribution in [0, 0.1) is 5.82 Å². The Hall–Kier alpha value is -0.900. The van der Waals surface area contributed by atoms with Gasteiger partial charge in [-0.05, 0) is 39.3 Å². The highest BCUT2D eigenvalue weighted by molar-refractivity contribution is 9.10. The molecule has 2 atom stereocenters. The Morgan fingerprint density at radius 2 is 2.05 bits per heavy atom. The number of likely N-dealkylation sites (N-methyl/N-ethyl adjacent to an activating group) is 3. The first-order valence-electron chi connectivity index (χ1n) is 6.87. The van der Waals surface area contributed by atoms with E-state index in [0.717, 1.165) is 10.8 Å². The van der Waals surface area contributed by atoms with Crippen molar-refractivity contribution in [1.82, 2.24) is 21.3 Å². The number of nitrogens with one attached hydrogen (secondary N) is 4. The molecule has 1 heterocycles. The zero-order valence-electron chi connectivity index (χ0n) is 12.7. The van der Waals surface area contributed by atoms with Gasteiger partial charge in [0, 0.05) is 10.0 Å². The number of rotatable bonds is 5. The molecule has 0 spiro atoms. The van der Waals surface area contributed by atoms with E-state index in [2.05, 4.69) is 37.2 Å². The third-order valence-electron chi connectivity index (χ3n) is 3.99. The Morgan fingerprint density at radius 3 is 2.59 bits per heavy atom. The lowest BCUT2D eigenvalue weighted by atomic mass is 9.89. The van der Waals surface area contributed by atoms with Crippen LogP contribution in [0.1, 0.15) is 5.56 Å². The first-order chi connectivity index (χ1) is 10.5. The summed E-state index contributed by atoms with van der Waals surface area (Å²) in [5, 5.41) is 12.3. The standard InChI is InChI=1S/C14H20BrFN4O2/c1-17-13(11-6-9(15)4-5-12(11)16)14(18-2,19-3)22-8-10(7-21)20-13/h4-7,10,17-20H,8H2,1-3H3/t10?,13-/m0/s1. The van der Waals surface area contributed by atoms with Crippen LogP contribution < -0.4 is 21.3 Å². The molecule has 0 aromatic heterocycles. The zero-order chi connectivity index (χ0) is 16.4. The molecular formula is C14H20BrFN4O2. The smallest absolute Gasteiger partial charge is 0.211 e. The van der Waals surface area contributed by atoms with Crippen LogP contribution in [-0.2, 0) is 15.2 Å². The van der Waals surface area contributed by atoms with Gasteiger partial charge < -0.3 is 9.53 Å². The molecule has 0 amide bonds. The quantitative estimate of drug-likeness (QED) is 0.437. The Balaban J connectivity index is 2.67. The van der Waals surface area contributed by atoms with Crippen LogP contribution in [0.4, 0.5) is 4.39 Å². The molecule has 8 heteroatoms. The van der Waals surface area contributed by atoms with Crippen molar-refractivity contribution in [2.75, 3.05) is 27.7 Å². The summed E-state index contributed by atoms with van der Waals surface area (Å²) in [6.45, 7) is 0.157. The van der Waals surface area contributed by atoms with Gasteiger partial charge in [-0.15, -0.1) is 0 Å². The Bertz CT molecular complexity index is 556. The van der Waals surface area contributed by atoms with Crippen LogP contribution in [-0.4, -0.2) is 45.9 Å². The summed E-state index contributed by atoms with van der Waals surface area (Å²) < 4.78 is 21.1. The molecule has 1 aromatic carbocycles. The van der Waals surface area contributed by atoms with Crippen molar-refractivity contribution in [2.45, 2.75) is 17.6 Å². The molecule has 22 heavy (non-hydrogen) atoms. The van der Waals surface area contributed by atoms with Crippen LogP contribution in [0.5, 0.6) is 0 Å². The van der Waals surface area contributed by atoms with E-state index in [1.807, 2.05) is 0 Å². The van der Waals surface area contributed by atoms with Gasteiger partial charge in [0.15, 0.2) is 5.66 Å². The lowest BCUT2D eigenvalue weighted by Crippen LogP contribution is -2.82. The highest BCUT2D eigenvalue weighted by Crippen LogP contribution is 2.35. The van der Waals surface area contributed by atoms with Gasteiger partial charge in [-0.25, -0.2) is 4.39 Å². The lowest BCUT2D eigenvalue weighted by molar-refractivity contribution is -0.200. The molecule has 1 fully saturated rings. The molecule has 0 bridgehead atoms. The number of hydrogen-bond acceptors (Lipinski definition) is 6. The lowest BCUT2D eigenvalue weighted by Gasteiger charge is -2.54. The third kappa shape index (κ3) is 2.60. The maximum absolute atomic E-state index is 14.5. The summed E-state index contributed by atoms with van der Waals surface area (Å²) >= 11 is 3.36. The summed E-state index contributed by atoms with van der Waals surface area (Å²) in [6.07, 6.45) is 0.747. The highest BCUT2D eigenvalue weighted by atomic mass is 79.9. The van der Waals surface area contributed by atoms with Gasteiger partial charge in [-0.2, -0.15) is 0 Å². The van der Waals surface area contributed by atoms with E-state index < -0.39 is 23.4 Å². The Kier molecular flexibility index (Phi) is 5.31. The second-order valence-electron chi connectivity index (χ2n) is 5.00. The van der Waals surface area contributed by atoms with E-state index in [1.165, 1.54) is 6.07 Å². The molecular weight excluding hydrogens is 355 g/mol. The second-order valence-corrected chi connectivity index (χ2v) is 5.92. The van der Waals surface area contributed by atoms with E-state index in [4.69, 9.17) is 4.74 Å². The van der Waals surface area contributed by atoms with Crippen molar-refractivity contribution >= 4 is 22.2 Å². The van der Waals surface area contributed by atoms with Gasteiger partial charge in [0.05, 0.1) is 12.6 Å². The molecule has 122 valence electrons. The summed E-state index contributed by atoms with van der Waals surface area (Å²) in [5.74, 6) is -1.57. The van der Waals surface area contributed by atoms with Gasteiger partial charge in [-0.3, -0.25) is 21.3 Å². The van der Waals surface area contributed by atoms with Crippen molar-refractivity contribution in [1.29, 1.82) is 0 Å². The summed E-state index contributed by atoms with van der Waals surface area (Å²) in [7, 11) is 5.07. The Morgan fingerprint density at radius 1 is 1.36 bits per heavy atom. The van der Waals surface area contributed by atoms with Gasteiger partial charge in [0.25, 0.3) is 0 Å². The van der Waals surface area contributed by atoms with Gasteiger partial charge in [0.2, 0.25) is 5.85 Å². The molecule has 1 unspecified atom stereocenters. The second kappa shape index (κ2) is 6.69. The third-order valence-corrected chi connectivity index (χ3v) is 4.48. The molecule has 0 radical (unpaired) electrons. The van der Waals surface area contributed by atoms with E-state index in [1.54, 1.807) is 33.3 Å². The van der Waals surface area contributed by atoms with Crippen LogP contribution in [0.2, 0.25) is 0 Å². The average Bonchev–Trinajstić information content (AvgIpc) is 2.56. The number of aldehydes is 1. The molecule has 2 rings (SSSR count). The number of carbonyl (C=O) groups is 1. The van der Waals surface area contributed by atoms with Crippen LogP contribution in [0.3, 0.4) is 0 Å². The first kappa shape index (κ1) is 17.5. The fourth-order valence-electron chi connectivity index (χ4n) is 2.90. The first-order valence-corrected chi connectivity index (χ1v) is 7.67. The number of morpholine rings is 1. The average molecular weight is 375 g/mol. The van der Waals surface area contributed by atoms with Crippen molar-refractivity contribution < 1.29 is 13.9 Å². The van der Waals surface area contributed by atoms with Crippen molar-refractivity contribution in [3.05, 3.63) is 34.1 Å². The monoisotopic (exact) mass is 374 g/mol. The van der Waals surface area contributed by atoms with Crippen LogP contribution in [0.25, 0.3) is 0 Å². The van der Waals surface area contributed by atoms with E-state index >= 15 is 0 Å². The maximum Gasteiger partial charge on any atom is 0.211 e. The molecule has 4 N–H and O–H groups in total. The summed E-state index contributed by atoms with van der Waals surface area (Å²) in [5.41, 5.74) is -0.881. The van der Waals surface area contributed by atoms with Gasteiger partial charge in [-0.1, -0.05) is 15.9 Å². The van der Waals surface area contributed by atoms with E-state index in [0.29, 0.717) is 5.56 Å². The molecule has 1 aliphatic rings. The zero-order valence-corrected chi connectivity index (χ0v) is 14.3. The molecule has 0 saturated carbocycles. The van der Waals surface area contributed by atoms with Crippen molar-refractivity contribution in [3.63, 3.8) is 0 Å². The number of carbonyl (C=O) groups excluding carboxylic acids is 1. The molecule has 1 saturated heterocycles. The predicted octanol–water partition coefficient (Wildman–Crippen LogP) is 0.240. The van der Waals surface area contributed by atoms with E-state index in [-0.39, 0.29) is 6.61 Å². The minimum Gasteiger partial charge on any atom is -0.342 e. The molecule has 6 nitrogen and oxygen atoms in total. The number of ether oxygens (including phenoxy) is 1. The van der Waals surface area contributed by atoms with Gasteiger partial charge in [0.1, 0.15) is 12.1 Å². The fourth-order valence-corrected chi connectivity index (χ4v) is 3.26. The molecule has 0 aliphatic carbocycles. The fraction of sp³-hybridized carbons (Fsp3) is 0.500. The Labute approximate surface area is 137 Å². The largest absolute Gasteiger partial charge is 0.342 e. The minimum absolute atomic E-state index is 0.157. The highest BCUT2D eigenvalue weighted by Gasteiger charge is 2.57. The summed E-state index contributed by atoms with van der Waals surface area (Å²) in [6, 6.07) is 4.06. The maximum atomic E-state index is 14.5. The molecule has 1 aliphatic heterocycles.